The average Bonchev–Trinajstić information content (AvgIpc) is 2.17. The molecule has 0 aromatic carbocycles. The van der Waals surface area contributed by atoms with Gasteiger partial charge >= 0.3 is 0 Å². The minimum atomic E-state index is -0.0615. The van der Waals surface area contributed by atoms with Crippen LogP contribution in [0.15, 0.2) is 12.1 Å². The summed E-state index contributed by atoms with van der Waals surface area (Å²) in [6, 6.07) is 3.65. The maximum absolute atomic E-state index is 8.78. The number of rotatable bonds is 3. The maximum atomic E-state index is 8.78. The number of anilines is 1. The summed E-state index contributed by atoms with van der Waals surface area (Å²) in [5, 5.41) is 16.7. The van der Waals surface area contributed by atoms with Gasteiger partial charge in [-0.3, -0.25) is 0 Å². The fourth-order valence-corrected chi connectivity index (χ4v) is 1.38. The van der Waals surface area contributed by atoms with Crippen molar-refractivity contribution in [3.05, 3.63) is 17.8 Å². The van der Waals surface area contributed by atoms with E-state index in [0.29, 0.717) is 11.8 Å². The molecule has 2 heterocycles. The molecule has 1 N–H and O–H groups in total. The van der Waals surface area contributed by atoms with E-state index in [-0.39, 0.29) is 6.61 Å². The zero-order valence-corrected chi connectivity index (χ0v) is 8.05. The highest BCUT2D eigenvalue weighted by molar-refractivity contribution is 5.41. The molecular weight excluding hydrogens is 182 g/mol. The smallest absolute Gasteiger partial charge is 0.151 e. The minimum Gasteiger partial charge on any atom is -0.390 e. The van der Waals surface area contributed by atoms with Crippen molar-refractivity contribution in [2.45, 2.75) is 12.7 Å². The van der Waals surface area contributed by atoms with Crippen molar-refractivity contribution in [1.29, 1.82) is 0 Å². The minimum absolute atomic E-state index is 0.0615. The van der Waals surface area contributed by atoms with Crippen LogP contribution in [0.4, 0.5) is 5.82 Å². The predicted octanol–water partition coefficient (Wildman–Crippen LogP) is -0.196. The van der Waals surface area contributed by atoms with E-state index in [1.807, 2.05) is 6.07 Å². The Kier molecular flexibility index (Phi) is 2.60. The number of hydrogen-bond donors (Lipinski definition) is 1. The molecule has 0 unspecified atom stereocenters. The molecule has 0 radical (unpaired) electrons. The Morgan fingerprint density at radius 3 is 2.79 bits per heavy atom. The summed E-state index contributed by atoms with van der Waals surface area (Å²) in [4.78, 5) is 2.09. The van der Waals surface area contributed by atoms with Crippen LogP contribution in [0.2, 0.25) is 0 Å². The molecule has 0 bridgehead atoms. The summed E-state index contributed by atoms with van der Waals surface area (Å²) in [6.45, 7) is 1.67. The SMILES string of the molecule is COC1CN(c2ccc(CO)nn2)C1. The van der Waals surface area contributed by atoms with Crippen LogP contribution in [0.25, 0.3) is 0 Å². The quantitative estimate of drug-likeness (QED) is 0.724. The largest absolute Gasteiger partial charge is 0.390 e. The number of aliphatic hydroxyl groups is 1. The summed E-state index contributed by atoms with van der Waals surface area (Å²) in [5.74, 6) is 0.843. The second kappa shape index (κ2) is 3.89. The van der Waals surface area contributed by atoms with Gasteiger partial charge in [0.2, 0.25) is 0 Å². The molecule has 1 aliphatic rings. The fraction of sp³-hybridized carbons (Fsp3) is 0.556. The Hall–Kier alpha value is -1.20. The van der Waals surface area contributed by atoms with Crippen LogP contribution in [-0.4, -0.2) is 41.6 Å². The summed E-state index contributed by atoms with van der Waals surface area (Å²) >= 11 is 0. The number of aromatic nitrogens is 2. The van der Waals surface area contributed by atoms with Gasteiger partial charge in [0.15, 0.2) is 5.82 Å². The Bertz CT molecular complexity index is 295. The predicted molar refractivity (Wildman–Crippen MR) is 51.0 cm³/mol. The summed E-state index contributed by atoms with van der Waals surface area (Å²) in [7, 11) is 1.71. The number of hydrogen-bond acceptors (Lipinski definition) is 5. The summed E-state index contributed by atoms with van der Waals surface area (Å²) in [6.07, 6.45) is 0.314. The van der Waals surface area contributed by atoms with E-state index in [9.17, 15) is 0 Å². The van der Waals surface area contributed by atoms with Crippen molar-refractivity contribution in [1.82, 2.24) is 10.2 Å². The normalized spacial score (nSPS) is 16.9. The van der Waals surface area contributed by atoms with Crippen LogP contribution < -0.4 is 4.90 Å². The third-order valence-electron chi connectivity index (χ3n) is 2.37. The number of ether oxygens (including phenoxy) is 1. The fourth-order valence-electron chi connectivity index (χ4n) is 1.38. The lowest BCUT2D eigenvalue weighted by atomic mass is 10.1. The van der Waals surface area contributed by atoms with Gasteiger partial charge in [-0.2, -0.15) is 5.10 Å². The van der Waals surface area contributed by atoms with Crippen LogP contribution >= 0.6 is 0 Å². The van der Waals surface area contributed by atoms with Crippen LogP contribution in [0, 0.1) is 0 Å². The molecule has 0 atom stereocenters. The van der Waals surface area contributed by atoms with Crippen molar-refractivity contribution >= 4 is 5.82 Å². The molecule has 1 saturated heterocycles. The highest BCUT2D eigenvalue weighted by Crippen LogP contribution is 2.18. The zero-order valence-electron chi connectivity index (χ0n) is 8.05. The molecule has 5 heteroatoms. The Morgan fingerprint density at radius 2 is 2.29 bits per heavy atom. The first-order chi connectivity index (χ1) is 6.83. The molecular formula is C9H13N3O2. The first-order valence-electron chi connectivity index (χ1n) is 4.54. The lowest BCUT2D eigenvalue weighted by Gasteiger charge is -2.38. The second-order valence-electron chi connectivity index (χ2n) is 3.30. The van der Waals surface area contributed by atoms with Gasteiger partial charge in [0.25, 0.3) is 0 Å². The van der Waals surface area contributed by atoms with Crippen molar-refractivity contribution < 1.29 is 9.84 Å². The lowest BCUT2D eigenvalue weighted by Crippen LogP contribution is -2.52. The average molecular weight is 195 g/mol. The molecule has 0 spiro atoms. The maximum Gasteiger partial charge on any atom is 0.151 e. The molecule has 1 aliphatic heterocycles. The van der Waals surface area contributed by atoms with Crippen LogP contribution in [0.3, 0.4) is 0 Å². The highest BCUT2D eigenvalue weighted by atomic mass is 16.5. The number of aliphatic hydroxyl groups excluding tert-OH is 1. The molecule has 1 aromatic rings. The highest BCUT2D eigenvalue weighted by Gasteiger charge is 2.27. The van der Waals surface area contributed by atoms with Crippen molar-refractivity contribution in [2.24, 2.45) is 0 Å². The Balaban J connectivity index is 1.98. The topological polar surface area (TPSA) is 58.5 Å². The van der Waals surface area contributed by atoms with Gasteiger partial charge in [-0.1, -0.05) is 0 Å². The molecule has 1 aromatic heterocycles. The third kappa shape index (κ3) is 1.69. The molecule has 14 heavy (non-hydrogen) atoms. The third-order valence-corrected chi connectivity index (χ3v) is 2.37. The molecule has 0 amide bonds. The zero-order chi connectivity index (χ0) is 9.97. The van der Waals surface area contributed by atoms with E-state index in [4.69, 9.17) is 9.84 Å². The first kappa shape index (κ1) is 9.36. The Labute approximate surface area is 82.3 Å². The molecule has 1 fully saturated rings. The van der Waals surface area contributed by atoms with E-state index >= 15 is 0 Å². The molecule has 76 valence electrons. The number of methoxy groups -OCH3 is 1. The summed E-state index contributed by atoms with van der Waals surface area (Å²) in [5.41, 5.74) is 0.595. The van der Waals surface area contributed by atoms with E-state index in [1.54, 1.807) is 13.2 Å². The number of nitrogens with zero attached hydrogens (tertiary/aromatic N) is 3. The van der Waals surface area contributed by atoms with Crippen molar-refractivity contribution in [2.75, 3.05) is 25.1 Å². The monoisotopic (exact) mass is 195 g/mol. The molecule has 0 aliphatic carbocycles. The van der Waals surface area contributed by atoms with Gasteiger partial charge < -0.3 is 14.7 Å². The van der Waals surface area contributed by atoms with Gasteiger partial charge in [-0.25, -0.2) is 0 Å². The van der Waals surface area contributed by atoms with Gasteiger partial charge in [0.1, 0.15) is 0 Å². The van der Waals surface area contributed by atoms with Crippen molar-refractivity contribution in [3.63, 3.8) is 0 Å². The van der Waals surface area contributed by atoms with Crippen LogP contribution in [-0.2, 0) is 11.3 Å². The van der Waals surface area contributed by atoms with Crippen molar-refractivity contribution in [3.8, 4) is 0 Å². The summed E-state index contributed by atoms with van der Waals surface area (Å²) < 4.78 is 5.15. The molecule has 5 nitrogen and oxygen atoms in total. The molecule has 0 saturated carbocycles. The van der Waals surface area contributed by atoms with E-state index < -0.39 is 0 Å². The molecule has 2 rings (SSSR count). The van der Waals surface area contributed by atoms with Gasteiger partial charge in [-0.05, 0) is 12.1 Å². The van der Waals surface area contributed by atoms with E-state index in [1.165, 1.54) is 0 Å². The first-order valence-corrected chi connectivity index (χ1v) is 4.54. The van der Waals surface area contributed by atoms with E-state index in [2.05, 4.69) is 15.1 Å². The van der Waals surface area contributed by atoms with Gasteiger partial charge in [-0.15, -0.1) is 5.10 Å². The van der Waals surface area contributed by atoms with Gasteiger partial charge in [0, 0.05) is 20.2 Å². The lowest BCUT2D eigenvalue weighted by molar-refractivity contribution is 0.0782. The van der Waals surface area contributed by atoms with E-state index in [0.717, 1.165) is 18.9 Å². The Morgan fingerprint density at radius 1 is 1.50 bits per heavy atom. The van der Waals surface area contributed by atoms with Crippen LogP contribution in [0.5, 0.6) is 0 Å². The van der Waals surface area contributed by atoms with Gasteiger partial charge in [0.05, 0.1) is 18.4 Å². The standard InChI is InChI=1S/C9H13N3O2/c1-14-8-4-12(5-8)9-3-2-7(6-13)10-11-9/h2-3,8,13H,4-6H2,1H3. The second-order valence-corrected chi connectivity index (χ2v) is 3.30. The van der Waals surface area contributed by atoms with Crippen LogP contribution in [0.1, 0.15) is 5.69 Å².